The van der Waals surface area contributed by atoms with Crippen molar-refractivity contribution in [1.82, 2.24) is 20.1 Å². The molecular formula is C22H23FN4O3S. The molecule has 1 fully saturated rings. The van der Waals surface area contributed by atoms with Crippen molar-refractivity contribution < 1.29 is 17.6 Å². The van der Waals surface area contributed by atoms with Crippen molar-refractivity contribution >= 4 is 15.7 Å². The summed E-state index contributed by atoms with van der Waals surface area (Å²) in [7, 11) is -3.55. The van der Waals surface area contributed by atoms with Crippen LogP contribution in [0.3, 0.4) is 0 Å². The quantitative estimate of drug-likeness (QED) is 0.607. The number of benzene rings is 2. The molecular weight excluding hydrogens is 419 g/mol. The van der Waals surface area contributed by atoms with E-state index in [-0.39, 0.29) is 42.0 Å². The number of sulfone groups is 1. The van der Waals surface area contributed by atoms with Gasteiger partial charge in [-0.2, -0.15) is 5.10 Å². The molecule has 0 aliphatic carbocycles. The molecule has 0 bridgehead atoms. The fourth-order valence-electron chi connectivity index (χ4n) is 3.82. The lowest BCUT2D eigenvalue weighted by Crippen LogP contribution is -2.30. The number of amides is 1. The van der Waals surface area contributed by atoms with Crippen molar-refractivity contribution in [3.63, 3.8) is 0 Å². The minimum Gasteiger partial charge on any atom is -0.342 e. The number of nitrogens with one attached hydrogen (secondary N) is 1. The first-order valence-corrected chi connectivity index (χ1v) is 11.7. The van der Waals surface area contributed by atoms with E-state index in [0.29, 0.717) is 11.6 Å². The average molecular weight is 443 g/mol. The van der Waals surface area contributed by atoms with Crippen LogP contribution in [0.1, 0.15) is 18.2 Å². The molecule has 1 aliphatic rings. The van der Waals surface area contributed by atoms with Gasteiger partial charge >= 0.3 is 0 Å². The van der Waals surface area contributed by atoms with Gasteiger partial charge in [-0.1, -0.05) is 48.5 Å². The molecule has 0 spiro atoms. The highest BCUT2D eigenvalue weighted by Crippen LogP contribution is 2.32. The van der Waals surface area contributed by atoms with E-state index in [1.54, 1.807) is 18.2 Å². The van der Waals surface area contributed by atoms with E-state index < -0.39 is 22.4 Å². The summed E-state index contributed by atoms with van der Waals surface area (Å²) in [5.74, 6) is -0.252. The summed E-state index contributed by atoms with van der Waals surface area (Å²) in [6, 6.07) is 17.5. The first kappa shape index (κ1) is 21.2. The Kier molecular flexibility index (Phi) is 6.13. The molecule has 7 nitrogen and oxygen atoms in total. The second kappa shape index (κ2) is 8.97. The number of carbonyl (C=O) groups excluding carboxylic acids is 1. The van der Waals surface area contributed by atoms with Crippen LogP contribution in [-0.2, 0) is 14.6 Å². The summed E-state index contributed by atoms with van der Waals surface area (Å²) < 4.78 is 38.6. The van der Waals surface area contributed by atoms with Crippen molar-refractivity contribution in [2.24, 2.45) is 5.92 Å². The van der Waals surface area contributed by atoms with E-state index in [4.69, 9.17) is 0 Å². The largest absolute Gasteiger partial charge is 0.342 e. The van der Waals surface area contributed by atoms with Crippen molar-refractivity contribution in [3.8, 4) is 11.4 Å². The van der Waals surface area contributed by atoms with Crippen LogP contribution in [0.15, 0.2) is 65.6 Å². The molecule has 3 aromatic rings. The van der Waals surface area contributed by atoms with Gasteiger partial charge in [0.05, 0.1) is 17.3 Å². The highest BCUT2D eigenvalue weighted by atomic mass is 32.2. The highest BCUT2D eigenvalue weighted by Gasteiger charge is 2.38. The lowest BCUT2D eigenvalue weighted by Gasteiger charge is -2.16. The smallest absolute Gasteiger partial charge is 0.223 e. The van der Waals surface area contributed by atoms with E-state index in [9.17, 15) is 17.6 Å². The predicted octanol–water partition coefficient (Wildman–Crippen LogP) is 2.85. The minimum absolute atomic E-state index is 0.144. The molecule has 162 valence electrons. The van der Waals surface area contributed by atoms with Gasteiger partial charge in [0, 0.05) is 36.9 Å². The number of rotatable bonds is 7. The van der Waals surface area contributed by atoms with Crippen LogP contribution in [0.4, 0.5) is 4.39 Å². The Bertz CT molecular complexity index is 1140. The molecule has 2 aromatic carbocycles. The van der Waals surface area contributed by atoms with E-state index >= 15 is 0 Å². The molecule has 2 atom stereocenters. The van der Waals surface area contributed by atoms with Gasteiger partial charge in [0.15, 0.2) is 15.7 Å². The number of aromatic nitrogens is 3. The Morgan fingerprint density at radius 3 is 2.42 bits per heavy atom. The summed E-state index contributed by atoms with van der Waals surface area (Å²) >= 11 is 0. The van der Waals surface area contributed by atoms with Crippen molar-refractivity contribution in [2.45, 2.75) is 17.2 Å². The number of halogens is 1. The Balaban J connectivity index is 1.42. The zero-order valence-electron chi connectivity index (χ0n) is 16.8. The van der Waals surface area contributed by atoms with Crippen LogP contribution in [0.25, 0.3) is 11.4 Å². The van der Waals surface area contributed by atoms with E-state index in [0.717, 1.165) is 5.56 Å². The fourth-order valence-corrected chi connectivity index (χ4v) is 5.07. The second-order valence-corrected chi connectivity index (χ2v) is 9.72. The Morgan fingerprint density at radius 2 is 1.74 bits per heavy atom. The van der Waals surface area contributed by atoms with Gasteiger partial charge in [0.1, 0.15) is 5.82 Å². The number of alkyl halides is 1. The number of H-pyrrole nitrogens is 1. The van der Waals surface area contributed by atoms with Gasteiger partial charge < -0.3 is 4.90 Å². The standard InChI is InChI=1S/C22H23FN4O3S/c23-13-17-14-27(20(28)11-12-31(29,30)18-9-5-2-6-10-18)15-19(17)22-24-21(25-26-22)16-7-3-1-4-8-16/h1-10,17,19H,11-15H2,(H,24,25,26). The maximum absolute atomic E-state index is 13.7. The molecule has 0 radical (unpaired) electrons. The fraction of sp³-hybridized carbons (Fsp3) is 0.318. The number of carbonyl (C=O) groups is 1. The Labute approximate surface area is 180 Å². The van der Waals surface area contributed by atoms with Gasteiger partial charge in [0.25, 0.3) is 0 Å². The van der Waals surface area contributed by atoms with Crippen LogP contribution in [0.5, 0.6) is 0 Å². The maximum atomic E-state index is 13.7. The normalized spacial score (nSPS) is 18.9. The topological polar surface area (TPSA) is 96.0 Å². The van der Waals surface area contributed by atoms with Gasteiger partial charge in [-0.15, -0.1) is 0 Å². The SMILES string of the molecule is O=C(CCS(=O)(=O)c1ccccc1)N1CC(CF)C(c2nc(-c3ccccc3)n[nH]2)C1. The van der Waals surface area contributed by atoms with E-state index in [1.807, 2.05) is 30.3 Å². The minimum atomic E-state index is -3.55. The number of hydrogen-bond donors (Lipinski definition) is 1. The monoisotopic (exact) mass is 442 g/mol. The molecule has 1 aliphatic heterocycles. The van der Waals surface area contributed by atoms with Gasteiger partial charge in [-0.25, -0.2) is 13.4 Å². The summed E-state index contributed by atoms with van der Waals surface area (Å²) in [6.45, 7) is -0.0902. The molecule has 31 heavy (non-hydrogen) atoms. The maximum Gasteiger partial charge on any atom is 0.223 e. The van der Waals surface area contributed by atoms with Crippen LogP contribution in [-0.4, -0.2) is 59.9 Å². The molecule has 1 aromatic heterocycles. The van der Waals surface area contributed by atoms with Crippen molar-refractivity contribution in [2.75, 3.05) is 25.5 Å². The highest BCUT2D eigenvalue weighted by molar-refractivity contribution is 7.91. The van der Waals surface area contributed by atoms with E-state index in [2.05, 4.69) is 15.2 Å². The molecule has 2 heterocycles. The Morgan fingerprint density at radius 1 is 1.06 bits per heavy atom. The third-order valence-electron chi connectivity index (χ3n) is 5.56. The lowest BCUT2D eigenvalue weighted by atomic mass is 9.97. The third-order valence-corrected chi connectivity index (χ3v) is 7.30. The van der Waals surface area contributed by atoms with Crippen LogP contribution in [0, 0.1) is 5.92 Å². The number of hydrogen-bond acceptors (Lipinski definition) is 5. The predicted molar refractivity (Wildman–Crippen MR) is 114 cm³/mol. The molecule has 2 unspecified atom stereocenters. The van der Waals surface area contributed by atoms with Crippen molar-refractivity contribution in [3.05, 3.63) is 66.5 Å². The first-order valence-electron chi connectivity index (χ1n) is 10.1. The summed E-state index contributed by atoms with van der Waals surface area (Å²) in [4.78, 5) is 18.9. The van der Waals surface area contributed by atoms with Gasteiger partial charge in [-0.3, -0.25) is 14.3 Å². The molecule has 0 saturated carbocycles. The summed E-state index contributed by atoms with van der Waals surface area (Å²) in [5, 5.41) is 7.12. The summed E-state index contributed by atoms with van der Waals surface area (Å²) in [5.41, 5.74) is 0.846. The zero-order valence-corrected chi connectivity index (χ0v) is 17.6. The molecule has 4 rings (SSSR count). The van der Waals surface area contributed by atoms with Crippen LogP contribution < -0.4 is 0 Å². The molecule has 1 saturated heterocycles. The van der Waals surface area contributed by atoms with E-state index in [1.165, 1.54) is 17.0 Å². The van der Waals surface area contributed by atoms with Crippen LogP contribution in [0.2, 0.25) is 0 Å². The van der Waals surface area contributed by atoms with Gasteiger partial charge in [-0.05, 0) is 12.1 Å². The van der Waals surface area contributed by atoms with Gasteiger partial charge in [0.2, 0.25) is 5.91 Å². The molecule has 1 N–H and O–H groups in total. The van der Waals surface area contributed by atoms with Crippen LogP contribution >= 0.6 is 0 Å². The number of nitrogens with zero attached hydrogens (tertiary/aromatic N) is 3. The average Bonchev–Trinajstić information content (AvgIpc) is 3.46. The number of likely N-dealkylation sites (tertiary alicyclic amines) is 1. The Hall–Kier alpha value is -3.07. The van der Waals surface area contributed by atoms with Crippen molar-refractivity contribution in [1.29, 1.82) is 0 Å². The summed E-state index contributed by atoms with van der Waals surface area (Å²) in [6.07, 6.45) is -0.144. The molecule has 9 heteroatoms. The number of aromatic amines is 1. The zero-order chi connectivity index (χ0) is 21.8. The first-order chi connectivity index (χ1) is 15.0. The molecule has 1 amide bonds. The second-order valence-electron chi connectivity index (χ2n) is 7.61. The third kappa shape index (κ3) is 4.66. The lowest BCUT2D eigenvalue weighted by molar-refractivity contribution is -0.129.